The second kappa shape index (κ2) is 8.33. The number of anilines is 1. The summed E-state index contributed by atoms with van der Waals surface area (Å²) in [4.78, 5) is 35.1. The van der Waals surface area contributed by atoms with Crippen LogP contribution in [0, 0.1) is 0 Å². The van der Waals surface area contributed by atoms with E-state index in [2.05, 4.69) is 21.9 Å². The van der Waals surface area contributed by atoms with Gasteiger partial charge in [-0.05, 0) is 12.1 Å². The van der Waals surface area contributed by atoms with E-state index in [-0.39, 0.29) is 18.7 Å². The van der Waals surface area contributed by atoms with Gasteiger partial charge in [-0.25, -0.2) is 4.79 Å². The van der Waals surface area contributed by atoms with Crippen LogP contribution in [-0.4, -0.2) is 70.1 Å². The van der Waals surface area contributed by atoms with Gasteiger partial charge in [0, 0.05) is 7.05 Å². The number of fused-ring (bicyclic) bond motifs is 1. The zero-order valence-corrected chi connectivity index (χ0v) is 17.2. The van der Waals surface area contributed by atoms with Crippen LogP contribution in [-0.2, 0) is 13.6 Å². The summed E-state index contributed by atoms with van der Waals surface area (Å²) in [5, 5.41) is 10.6. The van der Waals surface area contributed by atoms with Gasteiger partial charge < -0.3 is 24.2 Å². The molecule has 30 heavy (non-hydrogen) atoms. The molecule has 0 aliphatic carbocycles. The largest absolute Gasteiger partial charge is 0.491 e. The van der Waals surface area contributed by atoms with Crippen molar-refractivity contribution < 1.29 is 14.7 Å². The summed E-state index contributed by atoms with van der Waals surface area (Å²) in [5.41, 5.74) is -0.444. The molecular weight excluding hydrogens is 388 g/mol. The van der Waals surface area contributed by atoms with Crippen LogP contribution in [0.2, 0.25) is 0 Å². The Hall–Kier alpha value is -3.11. The average molecular weight is 415 g/mol. The summed E-state index contributed by atoms with van der Waals surface area (Å²) in [6, 6.07) is 9.24. The van der Waals surface area contributed by atoms with Crippen molar-refractivity contribution in [2.24, 2.45) is 7.05 Å². The summed E-state index contributed by atoms with van der Waals surface area (Å²) in [6.45, 7) is 3.63. The molecule has 3 N–H and O–H groups in total. The van der Waals surface area contributed by atoms with E-state index in [1.807, 2.05) is 30.3 Å². The first-order valence-electron chi connectivity index (χ1n) is 10.1. The number of aryl methyl sites for hydroxylation is 1. The van der Waals surface area contributed by atoms with E-state index in [1.165, 1.54) is 9.47 Å². The van der Waals surface area contributed by atoms with Crippen LogP contribution in [0.5, 0.6) is 5.75 Å². The highest BCUT2D eigenvalue weighted by molar-refractivity contribution is 5.74. The maximum absolute atomic E-state index is 12.6. The number of nitrogens with one attached hydrogen (secondary N) is 2. The number of quaternary nitrogens is 1. The number of imidazole rings is 1. The SMILES string of the molecule is Cn1c(=O)[nH]c(=O)c2c1nc(N1CC[NH+](C)CC1)n2C[C@@H](O)COc1ccccc1. The zero-order chi connectivity index (χ0) is 21.3. The molecule has 1 aromatic carbocycles. The number of ether oxygens (including phenoxy) is 1. The molecule has 1 atom stereocenters. The lowest BCUT2D eigenvalue weighted by atomic mass is 10.3. The van der Waals surface area contributed by atoms with Gasteiger partial charge in [0.25, 0.3) is 5.56 Å². The summed E-state index contributed by atoms with van der Waals surface area (Å²) in [7, 11) is 3.71. The second-order valence-electron chi connectivity index (χ2n) is 7.73. The molecule has 0 bridgehead atoms. The standard InChI is InChI=1S/C20H26N6O4/c1-23-8-10-25(11-9-23)19-21-17-16(18(28)22-20(29)24(17)2)26(19)12-14(27)13-30-15-6-4-3-5-7-15/h3-7,14,27H,8-13H2,1-2H3,(H,22,28,29)/p+1/t14-/m1/s1. The lowest BCUT2D eigenvalue weighted by Crippen LogP contribution is -3.12. The third-order valence-electron chi connectivity index (χ3n) is 5.47. The first-order chi connectivity index (χ1) is 14.4. The predicted molar refractivity (Wildman–Crippen MR) is 112 cm³/mol. The minimum absolute atomic E-state index is 0.0691. The summed E-state index contributed by atoms with van der Waals surface area (Å²) in [5.74, 6) is 1.25. The molecule has 0 saturated carbocycles. The first kappa shape index (κ1) is 20.2. The van der Waals surface area contributed by atoms with Gasteiger partial charge in [0.05, 0.1) is 39.8 Å². The highest BCUT2D eigenvalue weighted by Crippen LogP contribution is 2.20. The van der Waals surface area contributed by atoms with Gasteiger partial charge in [-0.1, -0.05) is 18.2 Å². The molecule has 3 aromatic rings. The Morgan fingerprint density at radius 1 is 1.23 bits per heavy atom. The smallest absolute Gasteiger partial charge is 0.329 e. The maximum Gasteiger partial charge on any atom is 0.329 e. The van der Waals surface area contributed by atoms with E-state index < -0.39 is 17.4 Å². The van der Waals surface area contributed by atoms with Gasteiger partial charge in [0.1, 0.15) is 18.5 Å². The Balaban J connectivity index is 1.67. The third kappa shape index (κ3) is 3.96. The number of benzene rings is 1. The molecule has 1 aliphatic rings. The topological polar surface area (TPSA) is 110 Å². The first-order valence-corrected chi connectivity index (χ1v) is 10.1. The van der Waals surface area contributed by atoms with E-state index in [0.717, 1.165) is 26.2 Å². The Labute approximate surface area is 172 Å². The number of piperazine rings is 1. The predicted octanol–water partition coefficient (Wildman–Crippen LogP) is -1.80. The van der Waals surface area contributed by atoms with Crippen LogP contribution in [0.3, 0.4) is 0 Å². The molecular formula is C20H27N6O4+. The van der Waals surface area contributed by atoms with Crippen molar-refractivity contribution in [2.45, 2.75) is 12.6 Å². The number of aliphatic hydroxyl groups excluding tert-OH is 1. The monoisotopic (exact) mass is 415 g/mol. The number of hydrogen-bond donors (Lipinski definition) is 3. The Morgan fingerprint density at radius 3 is 2.63 bits per heavy atom. The van der Waals surface area contributed by atoms with Crippen molar-refractivity contribution in [3.8, 4) is 5.75 Å². The van der Waals surface area contributed by atoms with E-state index >= 15 is 0 Å². The van der Waals surface area contributed by atoms with Crippen LogP contribution in [0.15, 0.2) is 39.9 Å². The van der Waals surface area contributed by atoms with E-state index in [9.17, 15) is 14.7 Å². The van der Waals surface area contributed by atoms with Gasteiger partial charge in [-0.15, -0.1) is 0 Å². The second-order valence-corrected chi connectivity index (χ2v) is 7.73. The Kier molecular flexibility index (Phi) is 5.60. The summed E-state index contributed by atoms with van der Waals surface area (Å²) < 4.78 is 8.69. The lowest BCUT2D eigenvalue weighted by Gasteiger charge is -2.31. The minimum Gasteiger partial charge on any atom is -0.491 e. The van der Waals surface area contributed by atoms with Crippen LogP contribution in [0.1, 0.15) is 0 Å². The van der Waals surface area contributed by atoms with Crippen LogP contribution in [0.4, 0.5) is 5.95 Å². The molecule has 10 heteroatoms. The van der Waals surface area contributed by atoms with Gasteiger partial charge >= 0.3 is 5.69 Å². The van der Waals surface area contributed by atoms with Gasteiger partial charge in [0.15, 0.2) is 11.2 Å². The van der Waals surface area contributed by atoms with Crippen LogP contribution in [0.25, 0.3) is 11.2 Å². The van der Waals surface area contributed by atoms with Crippen molar-refractivity contribution in [3.63, 3.8) is 0 Å². The Morgan fingerprint density at radius 2 is 1.93 bits per heavy atom. The molecule has 4 rings (SSSR count). The lowest BCUT2D eigenvalue weighted by molar-refractivity contribution is -0.880. The molecule has 1 aliphatic heterocycles. The molecule has 1 saturated heterocycles. The molecule has 10 nitrogen and oxygen atoms in total. The quantitative estimate of drug-likeness (QED) is 0.438. The van der Waals surface area contributed by atoms with E-state index in [1.54, 1.807) is 11.6 Å². The highest BCUT2D eigenvalue weighted by atomic mass is 16.5. The number of aliphatic hydroxyl groups is 1. The molecule has 3 heterocycles. The molecule has 0 spiro atoms. The van der Waals surface area contributed by atoms with Crippen LogP contribution >= 0.6 is 0 Å². The summed E-state index contributed by atoms with van der Waals surface area (Å²) in [6.07, 6.45) is -0.865. The average Bonchev–Trinajstić information content (AvgIpc) is 3.12. The number of hydrogen-bond acceptors (Lipinski definition) is 6. The zero-order valence-electron chi connectivity index (χ0n) is 17.2. The fourth-order valence-electron chi connectivity index (χ4n) is 3.70. The van der Waals surface area contributed by atoms with Crippen molar-refractivity contribution in [2.75, 3.05) is 44.7 Å². The number of para-hydroxylation sites is 1. The van der Waals surface area contributed by atoms with Gasteiger partial charge in [0.2, 0.25) is 5.95 Å². The number of likely N-dealkylation sites (N-methyl/N-ethyl adjacent to an activating group) is 1. The van der Waals surface area contributed by atoms with Crippen molar-refractivity contribution in [3.05, 3.63) is 51.2 Å². The van der Waals surface area contributed by atoms with Gasteiger partial charge in [-0.3, -0.25) is 14.3 Å². The van der Waals surface area contributed by atoms with Crippen molar-refractivity contribution >= 4 is 17.1 Å². The molecule has 160 valence electrons. The molecule has 0 radical (unpaired) electrons. The number of H-pyrrole nitrogens is 1. The Bertz CT molecular complexity index is 1130. The molecule has 0 amide bonds. The molecule has 2 aromatic heterocycles. The van der Waals surface area contributed by atoms with Crippen LogP contribution < -0.4 is 25.8 Å². The maximum atomic E-state index is 12.6. The van der Waals surface area contributed by atoms with E-state index in [0.29, 0.717) is 17.3 Å². The summed E-state index contributed by atoms with van der Waals surface area (Å²) >= 11 is 0. The van der Waals surface area contributed by atoms with Crippen molar-refractivity contribution in [1.29, 1.82) is 0 Å². The number of nitrogens with zero attached hydrogens (tertiary/aromatic N) is 4. The highest BCUT2D eigenvalue weighted by Gasteiger charge is 2.26. The number of aromatic amines is 1. The van der Waals surface area contributed by atoms with Gasteiger partial charge in [-0.2, -0.15) is 4.98 Å². The fourth-order valence-corrected chi connectivity index (χ4v) is 3.70. The minimum atomic E-state index is -0.865. The fraction of sp³-hybridized carbons (Fsp3) is 0.450. The third-order valence-corrected chi connectivity index (χ3v) is 5.47. The van der Waals surface area contributed by atoms with Crippen molar-refractivity contribution in [1.82, 2.24) is 19.1 Å². The number of aromatic nitrogens is 4. The molecule has 0 unspecified atom stereocenters. The van der Waals surface area contributed by atoms with E-state index in [4.69, 9.17) is 4.74 Å². The normalized spacial score (nSPS) is 16.2. The number of rotatable bonds is 6. The molecule has 1 fully saturated rings.